The van der Waals surface area contributed by atoms with Crippen LogP contribution in [0, 0.1) is 0 Å². The van der Waals surface area contributed by atoms with E-state index in [2.05, 4.69) is 20.7 Å². The van der Waals surface area contributed by atoms with Crippen molar-refractivity contribution in [3.05, 3.63) is 61.4 Å². The van der Waals surface area contributed by atoms with Gasteiger partial charge in [-0.05, 0) is 69.7 Å². The van der Waals surface area contributed by atoms with Crippen molar-refractivity contribution >= 4 is 79.8 Å². The number of halogens is 3. The molecule has 0 N–H and O–H groups in total. The number of hydrogen-bond acceptors (Lipinski definition) is 6. The van der Waals surface area contributed by atoms with Crippen LogP contribution < -0.4 is 9.64 Å². The number of ether oxygens (including phenoxy) is 2. The van der Waals surface area contributed by atoms with Gasteiger partial charge in [0.1, 0.15) is 0 Å². The number of carbonyl (C=O) groups excluding carboxylic acids is 3. The third-order valence-electron chi connectivity index (χ3n) is 3.74. The first-order chi connectivity index (χ1) is 13.8. The molecule has 10 heteroatoms. The van der Waals surface area contributed by atoms with Crippen LogP contribution in [0.25, 0.3) is 6.08 Å². The molecule has 0 spiro atoms. The third kappa shape index (κ3) is 4.95. The summed E-state index contributed by atoms with van der Waals surface area (Å²) in [6, 6.07) is 9.71. The van der Waals surface area contributed by atoms with Crippen LogP contribution in [0.5, 0.6) is 5.75 Å². The highest BCUT2D eigenvalue weighted by molar-refractivity contribution is 9.10. The molecule has 150 valence electrons. The number of benzene rings is 2. The fourth-order valence-electron chi connectivity index (χ4n) is 2.45. The average molecular weight is 517 g/mol. The predicted molar refractivity (Wildman–Crippen MR) is 117 cm³/mol. The van der Waals surface area contributed by atoms with E-state index in [4.69, 9.17) is 27.9 Å². The van der Waals surface area contributed by atoms with Gasteiger partial charge in [-0.15, -0.1) is 0 Å². The minimum absolute atomic E-state index is 0.226. The maximum atomic E-state index is 12.7. The lowest BCUT2D eigenvalue weighted by Crippen LogP contribution is -2.27. The van der Waals surface area contributed by atoms with Gasteiger partial charge < -0.3 is 9.47 Å². The molecule has 0 bridgehead atoms. The fourth-order valence-corrected chi connectivity index (χ4v) is 4.46. The zero-order valence-corrected chi connectivity index (χ0v) is 18.7. The van der Waals surface area contributed by atoms with Gasteiger partial charge >= 0.3 is 5.97 Å². The molecule has 0 aromatic heterocycles. The summed E-state index contributed by atoms with van der Waals surface area (Å²) in [7, 11) is 1.25. The lowest BCUT2D eigenvalue weighted by Gasteiger charge is -2.12. The molecule has 29 heavy (non-hydrogen) atoms. The molecule has 2 aromatic rings. The van der Waals surface area contributed by atoms with Crippen LogP contribution in [0.1, 0.15) is 5.56 Å². The Morgan fingerprint density at radius 1 is 1.24 bits per heavy atom. The number of carbonyl (C=O) groups is 3. The van der Waals surface area contributed by atoms with E-state index in [1.807, 2.05) is 0 Å². The van der Waals surface area contributed by atoms with Gasteiger partial charge in [0.25, 0.3) is 11.1 Å². The smallest absolute Gasteiger partial charge is 0.343 e. The Bertz CT molecular complexity index is 1020. The van der Waals surface area contributed by atoms with E-state index in [9.17, 15) is 14.4 Å². The van der Waals surface area contributed by atoms with Crippen molar-refractivity contribution in [1.82, 2.24) is 0 Å². The summed E-state index contributed by atoms with van der Waals surface area (Å²) >= 11 is 16.3. The Kier molecular flexibility index (Phi) is 6.89. The summed E-state index contributed by atoms with van der Waals surface area (Å²) in [4.78, 5) is 37.6. The maximum Gasteiger partial charge on any atom is 0.343 e. The summed E-state index contributed by atoms with van der Waals surface area (Å²) in [6.45, 7) is -0.299. The topological polar surface area (TPSA) is 72.9 Å². The number of anilines is 1. The molecule has 2 amide bonds. The molecule has 0 unspecified atom stereocenters. The molecule has 0 radical (unpaired) electrons. The molecule has 0 atom stereocenters. The highest BCUT2D eigenvalue weighted by Crippen LogP contribution is 2.39. The molecular weight excluding hydrogens is 505 g/mol. The molecule has 6 nitrogen and oxygen atoms in total. The number of rotatable bonds is 5. The van der Waals surface area contributed by atoms with Gasteiger partial charge in [-0.25, -0.2) is 9.69 Å². The molecule has 3 rings (SSSR count). The number of methoxy groups -OCH3 is 1. The minimum Gasteiger partial charge on any atom is -0.479 e. The van der Waals surface area contributed by atoms with Crippen LogP contribution in [0.4, 0.5) is 10.5 Å². The minimum atomic E-state index is -0.549. The second-order valence-corrected chi connectivity index (χ2v) is 8.37. The van der Waals surface area contributed by atoms with Crippen molar-refractivity contribution in [3.8, 4) is 5.75 Å². The number of hydrogen-bond donors (Lipinski definition) is 0. The first-order valence-corrected chi connectivity index (χ1v) is 10.4. The fraction of sp³-hybridized carbons (Fsp3) is 0.105. The Balaban J connectivity index is 1.86. The Labute approximate surface area is 188 Å². The van der Waals surface area contributed by atoms with Gasteiger partial charge in [0.15, 0.2) is 12.4 Å². The van der Waals surface area contributed by atoms with Gasteiger partial charge in [-0.1, -0.05) is 29.3 Å². The lowest BCUT2D eigenvalue weighted by molar-refractivity contribution is -0.142. The number of amides is 2. The van der Waals surface area contributed by atoms with Gasteiger partial charge in [-0.2, -0.15) is 0 Å². The highest BCUT2D eigenvalue weighted by atomic mass is 79.9. The monoisotopic (exact) mass is 515 g/mol. The van der Waals surface area contributed by atoms with Gasteiger partial charge in [0, 0.05) is 5.02 Å². The van der Waals surface area contributed by atoms with Crippen molar-refractivity contribution in [2.45, 2.75) is 0 Å². The number of nitrogens with zero attached hydrogens (tertiary/aromatic N) is 1. The Morgan fingerprint density at radius 2 is 2.00 bits per heavy atom. The van der Waals surface area contributed by atoms with Crippen LogP contribution in [0.15, 0.2) is 45.8 Å². The van der Waals surface area contributed by atoms with Crippen LogP contribution >= 0.6 is 50.9 Å². The van der Waals surface area contributed by atoms with E-state index in [1.54, 1.807) is 42.5 Å². The SMILES string of the molecule is COC(=O)COc1c(Cl)cc(/C=C2/SC(=O)N(c3cccc(Cl)c3)C2=O)cc1Br. The second-order valence-electron chi connectivity index (χ2n) is 5.68. The first kappa shape index (κ1) is 21.7. The molecule has 0 saturated carbocycles. The summed E-state index contributed by atoms with van der Waals surface area (Å²) in [5, 5.41) is 0.221. The van der Waals surface area contributed by atoms with E-state index in [0.29, 0.717) is 20.7 Å². The van der Waals surface area contributed by atoms with Crippen molar-refractivity contribution < 1.29 is 23.9 Å². The normalized spacial score (nSPS) is 15.2. The van der Waals surface area contributed by atoms with Crippen molar-refractivity contribution in [2.75, 3.05) is 18.6 Å². The van der Waals surface area contributed by atoms with Crippen LogP contribution in [0.2, 0.25) is 10.0 Å². The van der Waals surface area contributed by atoms with E-state index in [1.165, 1.54) is 7.11 Å². The number of esters is 1. The molecule has 1 saturated heterocycles. The summed E-state index contributed by atoms with van der Waals surface area (Å²) in [5.41, 5.74) is 0.970. The average Bonchev–Trinajstić information content (AvgIpc) is 2.94. The van der Waals surface area contributed by atoms with E-state index in [0.717, 1.165) is 16.7 Å². The molecule has 0 aliphatic carbocycles. The molecule has 1 aliphatic rings. The Morgan fingerprint density at radius 3 is 2.66 bits per heavy atom. The quantitative estimate of drug-likeness (QED) is 0.383. The second kappa shape index (κ2) is 9.21. The largest absolute Gasteiger partial charge is 0.479 e. The highest BCUT2D eigenvalue weighted by Gasteiger charge is 2.36. The van der Waals surface area contributed by atoms with Crippen LogP contribution in [-0.4, -0.2) is 30.8 Å². The van der Waals surface area contributed by atoms with Gasteiger partial charge in [0.05, 0.1) is 27.2 Å². The molecule has 1 aliphatic heterocycles. The molecular formula is C19H12BrCl2NO5S. The maximum absolute atomic E-state index is 12.7. The Hall–Kier alpha value is -2.00. The first-order valence-electron chi connectivity index (χ1n) is 8.02. The van der Waals surface area contributed by atoms with Crippen molar-refractivity contribution in [2.24, 2.45) is 0 Å². The molecule has 1 fully saturated rings. The number of imide groups is 1. The predicted octanol–water partition coefficient (Wildman–Crippen LogP) is 5.55. The third-order valence-corrected chi connectivity index (χ3v) is 5.71. The molecule has 1 heterocycles. The van der Waals surface area contributed by atoms with E-state index < -0.39 is 17.1 Å². The van der Waals surface area contributed by atoms with E-state index >= 15 is 0 Å². The van der Waals surface area contributed by atoms with Crippen molar-refractivity contribution in [3.63, 3.8) is 0 Å². The summed E-state index contributed by atoms with van der Waals surface area (Å²) in [5.74, 6) is -0.742. The standard InChI is InChI=1S/C19H12BrCl2NO5S/c1-27-16(24)9-28-17-13(20)5-10(6-14(17)22)7-15-18(25)23(19(26)29-15)12-4-2-3-11(21)8-12/h2-8H,9H2,1H3/b15-7+. The summed E-state index contributed by atoms with van der Waals surface area (Å²) in [6.07, 6.45) is 1.55. The summed E-state index contributed by atoms with van der Waals surface area (Å²) < 4.78 is 10.4. The number of thioether (sulfide) groups is 1. The van der Waals surface area contributed by atoms with Gasteiger partial charge in [0.2, 0.25) is 0 Å². The zero-order valence-electron chi connectivity index (χ0n) is 14.8. The van der Waals surface area contributed by atoms with Crippen molar-refractivity contribution in [1.29, 1.82) is 0 Å². The molecule has 2 aromatic carbocycles. The van der Waals surface area contributed by atoms with E-state index in [-0.39, 0.29) is 22.3 Å². The van der Waals surface area contributed by atoms with Crippen LogP contribution in [-0.2, 0) is 14.3 Å². The van der Waals surface area contributed by atoms with Crippen LogP contribution in [0.3, 0.4) is 0 Å². The zero-order chi connectivity index (χ0) is 21.1. The van der Waals surface area contributed by atoms with Gasteiger partial charge in [-0.3, -0.25) is 9.59 Å². The lowest BCUT2D eigenvalue weighted by atomic mass is 10.2.